The Morgan fingerprint density at radius 1 is 1.38 bits per heavy atom. The number of piperidine rings is 1. The van der Waals surface area contributed by atoms with Gasteiger partial charge in [0.05, 0.1) is 10.5 Å². The maximum atomic E-state index is 12.2. The molecule has 1 aromatic rings. The molecule has 2 rings (SSSR count). The number of alkyl halides is 3. The number of ether oxygens (including phenoxy) is 1. The van der Waals surface area contributed by atoms with Gasteiger partial charge in [0.25, 0.3) is 0 Å². The SMILES string of the molecule is O=C(Nc1ccc(OC(F)(F)F)c(Br)c1)C1CCCCN1. The van der Waals surface area contributed by atoms with Crippen LogP contribution >= 0.6 is 15.9 Å². The average Bonchev–Trinajstić information content (AvgIpc) is 2.41. The van der Waals surface area contributed by atoms with Gasteiger partial charge in [0.2, 0.25) is 5.91 Å². The zero-order valence-electron chi connectivity index (χ0n) is 11.0. The fourth-order valence-electron chi connectivity index (χ4n) is 2.09. The summed E-state index contributed by atoms with van der Waals surface area (Å²) in [6.45, 7) is 0.792. The maximum absolute atomic E-state index is 12.2. The molecule has 2 N–H and O–H groups in total. The van der Waals surface area contributed by atoms with Crippen LogP contribution in [0.25, 0.3) is 0 Å². The van der Waals surface area contributed by atoms with E-state index in [1.54, 1.807) is 0 Å². The fourth-order valence-corrected chi connectivity index (χ4v) is 2.55. The van der Waals surface area contributed by atoms with Crippen molar-refractivity contribution in [2.75, 3.05) is 11.9 Å². The predicted octanol–water partition coefficient (Wildman–Crippen LogP) is 3.43. The normalized spacial score (nSPS) is 19.1. The summed E-state index contributed by atoms with van der Waals surface area (Å²) in [5.74, 6) is -0.539. The van der Waals surface area contributed by atoms with E-state index in [-0.39, 0.29) is 22.2 Å². The first-order valence-corrected chi connectivity index (χ1v) is 7.24. The van der Waals surface area contributed by atoms with E-state index in [4.69, 9.17) is 0 Å². The van der Waals surface area contributed by atoms with Gasteiger partial charge in [-0.3, -0.25) is 4.79 Å². The molecular formula is C13H14BrF3N2O2. The summed E-state index contributed by atoms with van der Waals surface area (Å²) in [6, 6.07) is 3.64. The van der Waals surface area contributed by atoms with Crippen LogP contribution in [0.1, 0.15) is 19.3 Å². The molecule has 1 heterocycles. The van der Waals surface area contributed by atoms with Crippen molar-refractivity contribution in [1.29, 1.82) is 0 Å². The zero-order chi connectivity index (χ0) is 15.5. The van der Waals surface area contributed by atoms with Gasteiger partial charge in [-0.15, -0.1) is 13.2 Å². The van der Waals surface area contributed by atoms with Gasteiger partial charge in [-0.05, 0) is 53.5 Å². The number of nitrogens with one attached hydrogen (secondary N) is 2. The Bertz CT molecular complexity index is 517. The van der Waals surface area contributed by atoms with Crippen molar-refractivity contribution in [2.45, 2.75) is 31.7 Å². The maximum Gasteiger partial charge on any atom is 0.573 e. The van der Waals surface area contributed by atoms with Crippen LogP contribution in [0, 0.1) is 0 Å². The van der Waals surface area contributed by atoms with E-state index in [0.717, 1.165) is 31.9 Å². The molecule has 1 amide bonds. The molecular weight excluding hydrogens is 353 g/mol. The number of hydrogen-bond donors (Lipinski definition) is 2. The highest BCUT2D eigenvalue weighted by Gasteiger charge is 2.32. The summed E-state index contributed by atoms with van der Waals surface area (Å²) >= 11 is 2.99. The molecule has 0 aliphatic carbocycles. The van der Waals surface area contributed by atoms with Crippen LogP contribution in [-0.4, -0.2) is 24.9 Å². The average molecular weight is 367 g/mol. The third-order valence-corrected chi connectivity index (χ3v) is 3.67. The highest BCUT2D eigenvalue weighted by atomic mass is 79.9. The van der Waals surface area contributed by atoms with E-state index < -0.39 is 6.36 Å². The lowest BCUT2D eigenvalue weighted by Gasteiger charge is -2.22. The quantitative estimate of drug-likeness (QED) is 0.861. The molecule has 21 heavy (non-hydrogen) atoms. The molecule has 0 saturated carbocycles. The van der Waals surface area contributed by atoms with Crippen molar-refractivity contribution in [3.63, 3.8) is 0 Å². The Labute approximate surface area is 128 Å². The lowest BCUT2D eigenvalue weighted by atomic mass is 10.0. The summed E-state index contributed by atoms with van der Waals surface area (Å²) in [7, 11) is 0. The van der Waals surface area contributed by atoms with Crippen molar-refractivity contribution >= 4 is 27.5 Å². The topological polar surface area (TPSA) is 50.4 Å². The lowest BCUT2D eigenvalue weighted by Crippen LogP contribution is -2.43. The van der Waals surface area contributed by atoms with Crippen LogP contribution in [0.15, 0.2) is 22.7 Å². The van der Waals surface area contributed by atoms with Gasteiger partial charge < -0.3 is 15.4 Å². The Balaban J connectivity index is 2.01. The number of amides is 1. The second-order valence-electron chi connectivity index (χ2n) is 4.68. The highest BCUT2D eigenvalue weighted by molar-refractivity contribution is 9.10. The summed E-state index contributed by atoms with van der Waals surface area (Å²) < 4.78 is 40.4. The van der Waals surface area contributed by atoms with E-state index in [9.17, 15) is 18.0 Å². The van der Waals surface area contributed by atoms with E-state index in [1.165, 1.54) is 12.1 Å². The molecule has 0 aromatic heterocycles. The second-order valence-corrected chi connectivity index (χ2v) is 5.54. The molecule has 1 unspecified atom stereocenters. The summed E-state index contributed by atoms with van der Waals surface area (Å²) in [6.07, 6.45) is -1.98. The largest absolute Gasteiger partial charge is 0.573 e. The Kier molecular flexibility index (Phi) is 5.10. The van der Waals surface area contributed by atoms with E-state index >= 15 is 0 Å². The number of halogens is 4. The van der Waals surface area contributed by atoms with Crippen LogP contribution in [0.3, 0.4) is 0 Å². The van der Waals surface area contributed by atoms with Gasteiger partial charge in [0.1, 0.15) is 5.75 Å². The first kappa shape index (κ1) is 16.1. The van der Waals surface area contributed by atoms with Gasteiger partial charge in [-0.25, -0.2) is 0 Å². The highest BCUT2D eigenvalue weighted by Crippen LogP contribution is 2.32. The Morgan fingerprint density at radius 3 is 2.71 bits per heavy atom. The van der Waals surface area contributed by atoms with Crippen molar-refractivity contribution in [3.05, 3.63) is 22.7 Å². The first-order chi connectivity index (χ1) is 9.85. The molecule has 8 heteroatoms. The number of carbonyl (C=O) groups is 1. The molecule has 1 aliphatic rings. The van der Waals surface area contributed by atoms with Crippen molar-refractivity contribution in [1.82, 2.24) is 5.32 Å². The minimum Gasteiger partial charge on any atom is -0.405 e. The molecule has 0 spiro atoms. The zero-order valence-corrected chi connectivity index (χ0v) is 12.6. The molecule has 1 aliphatic heterocycles. The number of carbonyl (C=O) groups excluding carboxylic acids is 1. The Morgan fingerprint density at radius 2 is 2.14 bits per heavy atom. The molecule has 1 fully saturated rings. The molecule has 1 saturated heterocycles. The lowest BCUT2D eigenvalue weighted by molar-refractivity contribution is -0.274. The smallest absolute Gasteiger partial charge is 0.405 e. The van der Waals surface area contributed by atoms with Crippen molar-refractivity contribution < 1.29 is 22.7 Å². The monoisotopic (exact) mass is 366 g/mol. The van der Waals surface area contributed by atoms with Gasteiger partial charge in [0.15, 0.2) is 0 Å². The molecule has 1 aromatic carbocycles. The van der Waals surface area contributed by atoms with Crippen LogP contribution in [0.5, 0.6) is 5.75 Å². The molecule has 1 atom stereocenters. The molecule has 0 radical (unpaired) electrons. The first-order valence-electron chi connectivity index (χ1n) is 6.45. The predicted molar refractivity (Wildman–Crippen MR) is 75.1 cm³/mol. The molecule has 4 nitrogen and oxygen atoms in total. The van der Waals surface area contributed by atoms with Crippen molar-refractivity contribution in [2.24, 2.45) is 0 Å². The Hall–Kier alpha value is -1.28. The molecule has 0 bridgehead atoms. The standard InChI is InChI=1S/C13H14BrF3N2O2/c14-9-7-8(4-5-11(9)21-13(15,16)17)19-12(20)10-3-1-2-6-18-10/h4-5,7,10,18H,1-3,6H2,(H,19,20). The number of benzene rings is 1. The van der Waals surface area contributed by atoms with E-state index in [2.05, 4.69) is 31.3 Å². The van der Waals surface area contributed by atoms with Crippen LogP contribution in [0.4, 0.5) is 18.9 Å². The van der Waals surface area contributed by atoms with Gasteiger partial charge >= 0.3 is 6.36 Å². The van der Waals surface area contributed by atoms with Crippen LogP contribution in [0.2, 0.25) is 0 Å². The summed E-state index contributed by atoms with van der Waals surface area (Å²) in [5.41, 5.74) is 0.411. The summed E-state index contributed by atoms with van der Waals surface area (Å²) in [5, 5.41) is 5.77. The van der Waals surface area contributed by atoms with Crippen molar-refractivity contribution in [3.8, 4) is 5.75 Å². The number of anilines is 1. The van der Waals surface area contributed by atoms with Gasteiger partial charge in [-0.1, -0.05) is 6.42 Å². The van der Waals surface area contributed by atoms with E-state index in [0.29, 0.717) is 5.69 Å². The minimum atomic E-state index is -4.75. The summed E-state index contributed by atoms with van der Waals surface area (Å²) in [4.78, 5) is 12.0. The molecule has 116 valence electrons. The second kappa shape index (κ2) is 6.65. The third-order valence-electron chi connectivity index (χ3n) is 3.05. The van der Waals surface area contributed by atoms with Crippen LogP contribution in [-0.2, 0) is 4.79 Å². The van der Waals surface area contributed by atoms with Gasteiger partial charge in [0, 0.05) is 5.69 Å². The number of hydrogen-bond acceptors (Lipinski definition) is 3. The number of rotatable bonds is 3. The van der Waals surface area contributed by atoms with Crippen LogP contribution < -0.4 is 15.4 Å². The van der Waals surface area contributed by atoms with E-state index in [1.807, 2.05) is 0 Å². The van der Waals surface area contributed by atoms with Gasteiger partial charge in [-0.2, -0.15) is 0 Å². The minimum absolute atomic E-state index is 0.120. The fraction of sp³-hybridized carbons (Fsp3) is 0.462. The third kappa shape index (κ3) is 4.89.